The number of halogens is 1. The van der Waals surface area contributed by atoms with Gasteiger partial charge in [0.25, 0.3) is 0 Å². The van der Waals surface area contributed by atoms with Gasteiger partial charge in [-0.2, -0.15) is 0 Å². The fourth-order valence-electron chi connectivity index (χ4n) is 2.85. The minimum Gasteiger partial charge on any atom is -0.508 e. The lowest BCUT2D eigenvalue weighted by Crippen LogP contribution is -2.39. The molecule has 2 aromatic rings. The van der Waals surface area contributed by atoms with Crippen molar-refractivity contribution in [3.63, 3.8) is 0 Å². The van der Waals surface area contributed by atoms with Crippen molar-refractivity contribution in [1.29, 1.82) is 0 Å². The van der Waals surface area contributed by atoms with Crippen molar-refractivity contribution in [3.8, 4) is 17.2 Å². The molecule has 0 bridgehead atoms. The van der Waals surface area contributed by atoms with Crippen LogP contribution < -0.4 is 14.8 Å². The number of rotatable bonds is 8. The summed E-state index contributed by atoms with van der Waals surface area (Å²) >= 11 is 0. The molecule has 0 fully saturated rings. The molecule has 0 atom stereocenters. The molecule has 28 heavy (non-hydrogen) atoms. The number of nitrogens with zero attached hydrogens (tertiary/aromatic N) is 2. The lowest BCUT2D eigenvalue weighted by Gasteiger charge is -2.23. The molecule has 0 aromatic heterocycles. The Labute approximate surface area is 184 Å². The number of phenolic OH excluding ortho intramolecular Hbond substituents is 1. The highest BCUT2D eigenvalue weighted by Crippen LogP contribution is 2.25. The van der Waals surface area contributed by atoms with E-state index in [0.717, 1.165) is 42.4 Å². The van der Waals surface area contributed by atoms with Crippen molar-refractivity contribution in [2.45, 2.75) is 19.4 Å². The van der Waals surface area contributed by atoms with Gasteiger partial charge in [-0.15, -0.1) is 24.0 Å². The van der Waals surface area contributed by atoms with Gasteiger partial charge in [-0.25, -0.2) is 0 Å². The van der Waals surface area contributed by atoms with Gasteiger partial charge in [-0.3, -0.25) is 4.99 Å². The number of hydrogen-bond donors (Lipinski definition) is 2. The average molecular weight is 499 g/mol. The second kappa shape index (κ2) is 12.3. The maximum absolute atomic E-state index is 9.33. The summed E-state index contributed by atoms with van der Waals surface area (Å²) in [5, 5.41) is 12.7. The summed E-state index contributed by atoms with van der Waals surface area (Å²) in [6.07, 6.45) is 1.92. The average Bonchev–Trinajstić information content (AvgIpc) is 2.69. The Balaban J connectivity index is 0.00000392. The number of guanidine groups is 1. The molecule has 7 heteroatoms. The van der Waals surface area contributed by atoms with Crippen LogP contribution in [0, 0.1) is 0 Å². The third-order valence-electron chi connectivity index (χ3n) is 4.34. The number of aryl methyl sites for hydroxylation is 1. The van der Waals surface area contributed by atoms with Gasteiger partial charge in [0.1, 0.15) is 17.2 Å². The molecule has 2 aromatic carbocycles. The number of methoxy groups -OCH3 is 2. The summed E-state index contributed by atoms with van der Waals surface area (Å²) in [6, 6.07) is 13.2. The lowest BCUT2D eigenvalue weighted by molar-refractivity contribution is 0.382. The number of hydrogen-bond acceptors (Lipinski definition) is 4. The SMILES string of the molecule is CN=C(NCCCc1ccc(O)cc1)N(C)Cc1ccc(OC)cc1OC.I. The topological polar surface area (TPSA) is 66.3 Å². The van der Waals surface area contributed by atoms with Crippen molar-refractivity contribution in [1.82, 2.24) is 10.2 Å². The van der Waals surface area contributed by atoms with E-state index in [-0.39, 0.29) is 24.0 Å². The van der Waals surface area contributed by atoms with Gasteiger partial charge < -0.3 is 24.8 Å². The van der Waals surface area contributed by atoms with Gasteiger partial charge in [-0.1, -0.05) is 12.1 Å². The van der Waals surface area contributed by atoms with Gasteiger partial charge in [0.15, 0.2) is 5.96 Å². The first-order valence-corrected chi connectivity index (χ1v) is 8.98. The van der Waals surface area contributed by atoms with E-state index in [1.165, 1.54) is 5.56 Å². The highest BCUT2D eigenvalue weighted by atomic mass is 127. The number of benzene rings is 2. The van der Waals surface area contributed by atoms with Crippen LogP contribution in [0.2, 0.25) is 0 Å². The molecular weight excluding hydrogens is 469 g/mol. The molecule has 154 valence electrons. The summed E-state index contributed by atoms with van der Waals surface area (Å²) in [4.78, 5) is 6.42. The Morgan fingerprint density at radius 3 is 2.43 bits per heavy atom. The van der Waals surface area contributed by atoms with Gasteiger partial charge in [-0.05, 0) is 42.7 Å². The molecule has 0 radical (unpaired) electrons. The number of aromatic hydroxyl groups is 1. The van der Waals surface area contributed by atoms with E-state index in [2.05, 4.69) is 15.2 Å². The molecule has 2 N–H and O–H groups in total. The minimum absolute atomic E-state index is 0. The fraction of sp³-hybridized carbons (Fsp3) is 0.381. The highest BCUT2D eigenvalue weighted by molar-refractivity contribution is 14.0. The van der Waals surface area contributed by atoms with E-state index in [4.69, 9.17) is 9.47 Å². The zero-order valence-corrected chi connectivity index (χ0v) is 19.3. The van der Waals surface area contributed by atoms with Crippen molar-refractivity contribution < 1.29 is 14.6 Å². The highest BCUT2D eigenvalue weighted by Gasteiger charge is 2.11. The molecular formula is C21H30IN3O3. The van der Waals surface area contributed by atoms with E-state index in [1.54, 1.807) is 33.4 Å². The number of nitrogens with one attached hydrogen (secondary N) is 1. The van der Waals surface area contributed by atoms with E-state index in [9.17, 15) is 5.11 Å². The number of ether oxygens (including phenoxy) is 2. The van der Waals surface area contributed by atoms with E-state index >= 15 is 0 Å². The van der Waals surface area contributed by atoms with Crippen LogP contribution in [0.15, 0.2) is 47.5 Å². The molecule has 0 spiro atoms. The molecule has 0 saturated carbocycles. The smallest absolute Gasteiger partial charge is 0.193 e. The molecule has 0 saturated heterocycles. The third kappa shape index (κ3) is 7.10. The molecule has 2 rings (SSSR count). The Bertz CT molecular complexity index is 751. The maximum Gasteiger partial charge on any atom is 0.193 e. The van der Waals surface area contributed by atoms with Crippen LogP contribution in [0.25, 0.3) is 0 Å². The van der Waals surface area contributed by atoms with Crippen LogP contribution in [0.1, 0.15) is 17.5 Å². The summed E-state index contributed by atoms with van der Waals surface area (Å²) in [5.41, 5.74) is 2.27. The summed E-state index contributed by atoms with van der Waals surface area (Å²) in [5.74, 6) is 2.70. The molecule has 6 nitrogen and oxygen atoms in total. The summed E-state index contributed by atoms with van der Waals surface area (Å²) in [6.45, 7) is 1.49. The summed E-state index contributed by atoms with van der Waals surface area (Å²) in [7, 11) is 7.09. The minimum atomic E-state index is 0. The molecule has 0 heterocycles. The quantitative estimate of drug-likeness (QED) is 0.251. The molecule has 0 aliphatic rings. The van der Waals surface area contributed by atoms with E-state index < -0.39 is 0 Å². The van der Waals surface area contributed by atoms with Crippen molar-refractivity contribution in [2.24, 2.45) is 4.99 Å². The Hall–Kier alpha value is -2.16. The van der Waals surface area contributed by atoms with E-state index in [0.29, 0.717) is 12.3 Å². The van der Waals surface area contributed by atoms with E-state index in [1.807, 2.05) is 37.4 Å². The lowest BCUT2D eigenvalue weighted by atomic mass is 10.1. The predicted molar refractivity (Wildman–Crippen MR) is 124 cm³/mol. The monoisotopic (exact) mass is 499 g/mol. The van der Waals surface area contributed by atoms with Crippen LogP contribution >= 0.6 is 24.0 Å². The summed E-state index contributed by atoms with van der Waals surface area (Å²) < 4.78 is 10.7. The normalized spacial score (nSPS) is 10.8. The second-order valence-corrected chi connectivity index (χ2v) is 6.28. The first-order valence-electron chi connectivity index (χ1n) is 8.98. The van der Waals surface area contributed by atoms with Crippen molar-refractivity contribution >= 4 is 29.9 Å². The zero-order valence-electron chi connectivity index (χ0n) is 16.9. The van der Waals surface area contributed by atoms with Crippen LogP contribution in [0.3, 0.4) is 0 Å². The van der Waals surface area contributed by atoms with Crippen LogP contribution in [0.5, 0.6) is 17.2 Å². The van der Waals surface area contributed by atoms with Gasteiger partial charge in [0.05, 0.1) is 14.2 Å². The van der Waals surface area contributed by atoms with Crippen LogP contribution in [-0.2, 0) is 13.0 Å². The van der Waals surface area contributed by atoms with Gasteiger partial charge >= 0.3 is 0 Å². The Morgan fingerprint density at radius 1 is 1.11 bits per heavy atom. The molecule has 0 unspecified atom stereocenters. The zero-order chi connectivity index (χ0) is 19.6. The largest absolute Gasteiger partial charge is 0.508 e. The second-order valence-electron chi connectivity index (χ2n) is 6.28. The Kier molecular flexibility index (Phi) is 10.5. The van der Waals surface area contributed by atoms with Gasteiger partial charge in [0, 0.05) is 38.8 Å². The van der Waals surface area contributed by atoms with Crippen molar-refractivity contribution in [2.75, 3.05) is 34.9 Å². The number of aliphatic imine (C=N–C) groups is 1. The van der Waals surface area contributed by atoms with Crippen molar-refractivity contribution in [3.05, 3.63) is 53.6 Å². The predicted octanol–water partition coefficient (Wildman–Crippen LogP) is 3.67. The van der Waals surface area contributed by atoms with Gasteiger partial charge in [0.2, 0.25) is 0 Å². The third-order valence-corrected chi connectivity index (χ3v) is 4.34. The standard InChI is InChI=1S/C21H29N3O3.HI/c1-22-21(23-13-5-6-16-7-10-18(25)11-8-16)24(2)15-17-9-12-19(26-3)14-20(17)27-4;/h7-12,14,25H,5-6,13,15H2,1-4H3,(H,22,23);1H. The maximum atomic E-state index is 9.33. The fourth-order valence-corrected chi connectivity index (χ4v) is 2.85. The molecule has 0 aliphatic heterocycles. The first-order chi connectivity index (χ1) is 13.1. The number of phenols is 1. The van der Waals surface area contributed by atoms with Crippen LogP contribution in [-0.4, -0.2) is 50.8 Å². The molecule has 0 aliphatic carbocycles. The molecule has 0 amide bonds. The first kappa shape index (κ1) is 23.9. The van der Waals surface area contributed by atoms with Crippen LogP contribution in [0.4, 0.5) is 0 Å². The Morgan fingerprint density at radius 2 is 1.82 bits per heavy atom.